The van der Waals surface area contributed by atoms with Crippen LogP contribution in [0.5, 0.6) is 0 Å². The van der Waals surface area contributed by atoms with Crippen molar-refractivity contribution in [3.8, 4) is 0 Å². The smallest absolute Gasteiger partial charge is 0.323 e. The van der Waals surface area contributed by atoms with Gasteiger partial charge in [0.15, 0.2) is 0 Å². The predicted molar refractivity (Wildman–Crippen MR) is 197 cm³/mol. The molecule has 0 unspecified atom stereocenters. The van der Waals surface area contributed by atoms with Gasteiger partial charge in [0.1, 0.15) is 34.5 Å². The highest BCUT2D eigenvalue weighted by Gasteiger charge is 2.34. The Balaban J connectivity index is 3.60. The Morgan fingerprint density at radius 3 is 0.940 bits per heavy atom. The van der Waals surface area contributed by atoms with Crippen molar-refractivity contribution < 1.29 is 38.1 Å². The number of rotatable bonds is 12. The number of esters is 4. The summed E-state index contributed by atoms with van der Waals surface area (Å²) in [6.07, 6.45) is 2.77. The van der Waals surface area contributed by atoms with Crippen molar-refractivity contribution in [3.63, 3.8) is 0 Å². The van der Waals surface area contributed by atoms with Crippen molar-refractivity contribution in [1.82, 2.24) is 19.6 Å². The molecule has 0 spiro atoms. The minimum atomic E-state index is -0.645. The zero-order valence-electron chi connectivity index (χ0n) is 34.1. The molecule has 0 amide bonds. The van der Waals surface area contributed by atoms with E-state index in [1.165, 1.54) is 0 Å². The van der Waals surface area contributed by atoms with Crippen molar-refractivity contribution in [2.75, 3.05) is 65.4 Å². The Bertz CT molecular complexity index is 971. The highest BCUT2D eigenvalue weighted by molar-refractivity contribution is 5.77. The molecule has 1 rings (SSSR count). The third-order valence-electron chi connectivity index (χ3n) is 7.72. The summed E-state index contributed by atoms with van der Waals surface area (Å²) in [5.41, 5.74) is -2.56. The van der Waals surface area contributed by atoms with E-state index < -0.39 is 34.5 Å². The van der Waals surface area contributed by atoms with Crippen LogP contribution in [0.2, 0.25) is 0 Å². The van der Waals surface area contributed by atoms with Crippen molar-refractivity contribution >= 4 is 23.9 Å². The first-order valence-electron chi connectivity index (χ1n) is 18.6. The first-order valence-corrected chi connectivity index (χ1v) is 18.6. The van der Waals surface area contributed by atoms with E-state index in [4.69, 9.17) is 18.9 Å². The molecule has 1 aliphatic rings. The Morgan fingerprint density at radius 2 is 0.720 bits per heavy atom. The molecule has 12 nitrogen and oxygen atoms in total. The molecule has 0 aromatic carbocycles. The zero-order valence-corrected chi connectivity index (χ0v) is 34.1. The lowest BCUT2D eigenvalue weighted by Crippen LogP contribution is -2.54. The van der Waals surface area contributed by atoms with E-state index in [0.717, 1.165) is 12.8 Å². The topological polar surface area (TPSA) is 118 Å². The molecule has 1 heterocycles. The first kappa shape index (κ1) is 45.7. The summed E-state index contributed by atoms with van der Waals surface area (Å²) in [5, 5.41) is 0. The van der Waals surface area contributed by atoms with Crippen LogP contribution in [0.15, 0.2) is 0 Å². The maximum Gasteiger partial charge on any atom is 0.323 e. The van der Waals surface area contributed by atoms with Crippen molar-refractivity contribution in [1.29, 1.82) is 0 Å². The largest absolute Gasteiger partial charge is 0.459 e. The van der Waals surface area contributed by atoms with Crippen LogP contribution in [0, 0.1) is 0 Å². The fourth-order valence-corrected chi connectivity index (χ4v) is 5.76. The Kier molecular flexibility index (Phi) is 18.4. The Morgan fingerprint density at radius 1 is 0.460 bits per heavy atom. The summed E-state index contributed by atoms with van der Waals surface area (Å²) >= 11 is 0. The van der Waals surface area contributed by atoms with Crippen LogP contribution in [0.4, 0.5) is 0 Å². The van der Waals surface area contributed by atoms with Gasteiger partial charge in [0, 0.05) is 52.4 Å². The summed E-state index contributed by atoms with van der Waals surface area (Å²) < 4.78 is 23.2. The average molecular weight is 713 g/mol. The molecular formula is C38H72N4O8. The van der Waals surface area contributed by atoms with Crippen molar-refractivity contribution in [3.05, 3.63) is 0 Å². The van der Waals surface area contributed by atoms with Gasteiger partial charge in [-0.3, -0.25) is 38.8 Å². The number of ether oxygens (including phenoxy) is 4. The summed E-state index contributed by atoms with van der Waals surface area (Å²) in [4.78, 5) is 61.8. The van der Waals surface area contributed by atoms with Gasteiger partial charge in [-0.25, -0.2) is 0 Å². The maximum absolute atomic E-state index is 13.6. The number of hydrogen-bond donors (Lipinski definition) is 0. The van der Waals surface area contributed by atoms with Gasteiger partial charge in [0.2, 0.25) is 0 Å². The molecule has 12 heteroatoms. The molecule has 0 aromatic heterocycles. The normalized spacial score (nSPS) is 18.7. The SMILES string of the molecule is CCC[C@H](C(=O)OC(C)(C)C)N1CCN(CC(=O)OC(C)(C)C)CCN([C@H](CCC)C(=O)OC(C)(C)C)CCN(CC(=O)OC(C)(C)C)CC1. The van der Waals surface area contributed by atoms with Crippen LogP contribution in [0.25, 0.3) is 0 Å². The minimum Gasteiger partial charge on any atom is -0.459 e. The zero-order chi connectivity index (χ0) is 38.5. The molecule has 1 aliphatic heterocycles. The molecule has 1 saturated heterocycles. The van der Waals surface area contributed by atoms with E-state index in [0.29, 0.717) is 65.2 Å². The quantitative estimate of drug-likeness (QED) is 0.202. The summed E-state index contributed by atoms with van der Waals surface area (Å²) in [6, 6.07) is -0.988. The van der Waals surface area contributed by atoms with Crippen LogP contribution in [0.1, 0.15) is 123 Å². The number of nitrogens with zero attached hydrogens (tertiary/aromatic N) is 4. The lowest BCUT2D eigenvalue weighted by atomic mass is 10.1. The van der Waals surface area contributed by atoms with Gasteiger partial charge in [-0.2, -0.15) is 0 Å². The summed E-state index contributed by atoms with van der Waals surface area (Å²) in [6.45, 7) is 30.4. The molecule has 0 N–H and O–H groups in total. The summed E-state index contributed by atoms with van der Waals surface area (Å²) in [7, 11) is 0. The fraction of sp³-hybridized carbons (Fsp3) is 0.895. The monoisotopic (exact) mass is 713 g/mol. The second kappa shape index (κ2) is 20.1. The van der Waals surface area contributed by atoms with E-state index in [9.17, 15) is 19.2 Å². The minimum absolute atomic E-state index is 0.0689. The number of hydrogen-bond acceptors (Lipinski definition) is 12. The second-order valence-corrected chi connectivity index (χ2v) is 17.5. The Labute approximate surface area is 303 Å². The molecule has 0 saturated carbocycles. The number of carbonyl (C=O) groups is 4. The summed E-state index contributed by atoms with van der Waals surface area (Å²) in [5.74, 6) is -1.23. The molecule has 0 aromatic rings. The fourth-order valence-electron chi connectivity index (χ4n) is 5.76. The highest BCUT2D eigenvalue weighted by Crippen LogP contribution is 2.19. The molecule has 0 aliphatic carbocycles. The lowest BCUT2D eigenvalue weighted by Gasteiger charge is -2.38. The first-order chi connectivity index (χ1) is 22.8. The molecule has 0 radical (unpaired) electrons. The van der Waals surface area contributed by atoms with Crippen LogP contribution in [-0.2, 0) is 38.1 Å². The van der Waals surface area contributed by atoms with Gasteiger partial charge in [-0.05, 0) is 95.9 Å². The van der Waals surface area contributed by atoms with E-state index in [2.05, 4.69) is 9.80 Å². The van der Waals surface area contributed by atoms with Gasteiger partial charge in [0.25, 0.3) is 0 Å². The van der Waals surface area contributed by atoms with Gasteiger partial charge in [-0.1, -0.05) is 26.7 Å². The lowest BCUT2D eigenvalue weighted by molar-refractivity contribution is -0.163. The van der Waals surface area contributed by atoms with E-state index >= 15 is 0 Å². The molecule has 1 fully saturated rings. The van der Waals surface area contributed by atoms with Gasteiger partial charge in [-0.15, -0.1) is 0 Å². The van der Waals surface area contributed by atoms with Crippen LogP contribution in [0.3, 0.4) is 0 Å². The highest BCUT2D eigenvalue weighted by atomic mass is 16.6. The van der Waals surface area contributed by atoms with Crippen LogP contribution >= 0.6 is 0 Å². The third kappa shape index (κ3) is 19.9. The van der Waals surface area contributed by atoms with Crippen molar-refractivity contribution in [2.24, 2.45) is 0 Å². The van der Waals surface area contributed by atoms with Crippen LogP contribution in [-0.4, -0.2) is 143 Å². The Hall–Kier alpha value is -2.28. The average Bonchev–Trinajstić information content (AvgIpc) is 2.90. The molecule has 0 bridgehead atoms. The predicted octanol–water partition coefficient (Wildman–Crippen LogP) is 4.91. The van der Waals surface area contributed by atoms with E-state index in [1.807, 2.05) is 107 Å². The maximum atomic E-state index is 13.6. The molecule has 292 valence electrons. The second-order valence-electron chi connectivity index (χ2n) is 17.5. The van der Waals surface area contributed by atoms with Gasteiger partial charge >= 0.3 is 23.9 Å². The molecule has 50 heavy (non-hydrogen) atoms. The number of carbonyl (C=O) groups excluding carboxylic acids is 4. The van der Waals surface area contributed by atoms with Gasteiger partial charge in [0.05, 0.1) is 13.1 Å². The standard InChI is InChI=1S/C38H72N4O8/c1-15-17-29(33(45)49-37(9,10)11)41-23-19-39(27-31(43)47-35(3,4)5)21-25-42(30(18-16-2)34(46)50-38(12,13)14)26-22-40(20-24-41)28-32(44)48-36(6,7)8/h29-30H,15-28H2,1-14H3/t29-,30-/m1/s1. The molecular weight excluding hydrogens is 640 g/mol. The molecule has 2 atom stereocenters. The van der Waals surface area contributed by atoms with E-state index in [1.54, 1.807) is 0 Å². The van der Waals surface area contributed by atoms with Gasteiger partial charge < -0.3 is 18.9 Å². The van der Waals surface area contributed by atoms with Crippen molar-refractivity contribution in [2.45, 2.75) is 157 Å². The van der Waals surface area contributed by atoms with E-state index in [-0.39, 0.29) is 37.0 Å². The van der Waals surface area contributed by atoms with Crippen LogP contribution < -0.4 is 0 Å². The third-order valence-corrected chi connectivity index (χ3v) is 7.72.